The van der Waals surface area contributed by atoms with Crippen LogP contribution in [0.5, 0.6) is 11.5 Å². The Morgan fingerprint density at radius 1 is 1.03 bits per heavy atom. The molecule has 6 heteroatoms. The third kappa shape index (κ3) is 4.44. The van der Waals surface area contributed by atoms with Crippen molar-refractivity contribution in [3.05, 3.63) is 71.4 Å². The van der Waals surface area contributed by atoms with Crippen molar-refractivity contribution in [2.75, 3.05) is 20.3 Å². The number of rotatable bonds is 7. The predicted octanol–water partition coefficient (Wildman–Crippen LogP) is 4.50. The van der Waals surface area contributed by atoms with Gasteiger partial charge in [0.2, 0.25) is 0 Å². The topological polar surface area (TPSA) is 74.2 Å². The highest BCUT2D eigenvalue weighted by atomic mass is 16.6. The molecule has 0 spiro atoms. The number of allylic oxidation sites excluding steroid dienone is 2. The van der Waals surface area contributed by atoms with Crippen molar-refractivity contribution in [2.45, 2.75) is 32.1 Å². The lowest BCUT2D eigenvalue weighted by atomic mass is 9.71. The van der Waals surface area contributed by atoms with Crippen molar-refractivity contribution in [3.8, 4) is 11.5 Å². The van der Waals surface area contributed by atoms with Gasteiger partial charge in [0, 0.05) is 34.9 Å². The van der Waals surface area contributed by atoms with Crippen molar-refractivity contribution in [1.82, 2.24) is 0 Å². The number of esters is 1. The minimum atomic E-state index is -0.691. The second-order valence-electron chi connectivity index (χ2n) is 7.92. The number of methoxy groups -OCH3 is 1. The van der Waals surface area contributed by atoms with Gasteiger partial charge in [0.15, 0.2) is 5.78 Å². The highest BCUT2D eigenvalue weighted by Crippen LogP contribution is 2.46. The van der Waals surface area contributed by atoms with E-state index in [1.54, 1.807) is 7.11 Å². The number of Topliss-reactive ketones (excluding diaryl/α,β-unsaturated/α-hetero) is 1. The summed E-state index contributed by atoms with van der Waals surface area (Å²) in [7, 11) is 1.59. The summed E-state index contributed by atoms with van der Waals surface area (Å²) in [5.74, 6) is -0.179. The first-order valence-electron chi connectivity index (χ1n) is 10.9. The van der Waals surface area contributed by atoms with Crippen LogP contribution in [-0.4, -0.2) is 37.8 Å². The number of hydrogen-bond acceptors (Lipinski definition) is 6. The van der Waals surface area contributed by atoms with Gasteiger partial charge in [0.05, 0.1) is 7.11 Å². The SMILES string of the molecule is COc1ccccc1[C@@H]1C2=C(CCCC2=O)N=C(C)C1C(=O)OCCOc1ccccc1. The molecule has 6 nitrogen and oxygen atoms in total. The first-order chi connectivity index (χ1) is 15.6. The van der Waals surface area contributed by atoms with Gasteiger partial charge in [-0.3, -0.25) is 14.6 Å². The Labute approximate surface area is 187 Å². The predicted molar refractivity (Wildman–Crippen MR) is 121 cm³/mol. The van der Waals surface area contributed by atoms with Crippen LogP contribution in [0, 0.1) is 5.92 Å². The van der Waals surface area contributed by atoms with Crippen LogP contribution >= 0.6 is 0 Å². The molecule has 1 heterocycles. The van der Waals surface area contributed by atoms with Crippen LogP contribution in [0.15, 0.2) is 70.9 Å². The minimum Gasteiger partial charge on any atom is -0.496 e. The molecule has 0 amide bonds. The molecule has 32 heavy (non-hydrogen) atoms. The molecule has 166 valence electrons. The molecule has 0 saturated heterocycles. The summed E-state index contributed by atoms with van der Waals surface area (Å²) in [6.07, 6.45) is 1.97. The molecule has 0 fully saturated rings. The van der Waals surface area contributed by atoms with Crippen molar-refractivity contribution >= 4 is 17.5 Å². The van der Waals surface area contributed by atoms with Gasteiger partial charge >= 0.3 is 5.97 Å². The molecule has 0 aromatic heterocycles. The zero-order chi connectivity index (χ0) is 22.5. The van der Waals surface area contributed by atoms with E-state index in [0.717, 1.165) is 24.1 Å². The first-order valence-corrected chi connectivity index (χ1v) is 10.9. The van der Waals surface area contributed by atoms with E-state index in [4.69, 9.17) is 14.2 Å². The van der Waals surface area contributed by atoms with E-state index in [9.17, 15) is 9.59 Å². The summed E-state index contributed by atoms with van der Waals surface area (Å²) < 4.78 is 16.8. The molecule has 1 aliphatic heterocycles. The number of carbonyl (C=O) groups excluding carboxylic acids is 2. The van der Waals surface area contributed by atoms with Crippen molar-refractivity contribution in [3.63, 3.8) is 0 Å². The van der Waals surface area contributed by atoms with Crippen molar-refractivity contribution in [2.24, 2.45) is 10.9 Å². The number of benzene rings is 2. The zero-order valence-corrected chi connectivity index (χ0v) is 18.4. The summed E-state index contributed by atoms with van der Waals surface area (Å²) in [4.78, 5) is 30.9. The summed E-state index contributed by atoms with van der Waals surface area (Å²) in [5, 5.41) is 0. The van der Waals surface area contributed by atoms with Gasteiger partial charge in [-0.25, -0.2) is 0 Å². The zero-order valence-electron chi connectivity index (χ0n) is 18.4. The molecule has 0 saturated carbocycles. The number of carbonyl (C=O) groups is 2. The van der Waals surface area contributed by atoms with Crippen molar-refractivity contribution < 1.29 is 23.8 Å². The van der Waals surface area contributed by atoms with Crippen molar-refractivity contribution in [1.29, 1.82) is 0 Å². The Balaban J connectivity index is 1.59. The molecule has 2 aromatic carbocycles. The van der Waals surface area contributed by atoms with Crippen LogP contribution in [0.25, 0.3) is 0 Å². The highest BCUT2D eigenvalue weighted by Gasteiger charge is 2.44. The summed E-state index contributed by atoms with van der Waals surface area (Å²) >= 11 is 0. The van der Waals surface area contributed by atoms with Gasteiger partial charge in [-0.05, 0) is 38.0 Å². The third-order valence-corrected chi connectivity index (χ3v) is 5.90. The number of aliphatic imine (C=N–C) groups is 1. The van der Waals surface area contributed by atoms with Gasteiger partial charge < -0.3 is 14.2 Å². The molecule has 2 aliphatic rings. The average Bonchev–Trinajstić information content (AvgIpc) is 2.81. The first kappa shape index (κ1) is 21.8. The van der Waals surface area contributed by atoms with Crippen LogP contribution in [0.1, 0.15) is 37.7 Å². The maximum Gasteiger partial charge on any atom is 0.315 e. The molecular weight excluding hydrogens is 406 g/mol. The third-order valence-electron chi connectivity index (χ3n) is 5.90. The van der Waals surface area contributed by atoms with E-state index >= 15 is 0 Å². The lowest BCUT2D eigenvalue weighted by molar-refractivity contribution is -0.147. The number of para-hydroxylation sites is 2. The van der Waals surface area contributed by atoms with Gasteiger partial charge in [-0.1, -0.05) is 36.4 Å². The number of ether oxygens (including phenoxy) is 3. The number of ketones is 1. The number of nitrogens with zero attached hydrogens (tertiary/aromatic N) is 1. The fraction of sp³-hybridized carbons (Fsp3) is 0.346. The summed E-state index contributed by atoms with van der Waals surface area (Å²) in [6, 6.07) is 16.9. The smallest absolute Gasteiger partial charge is 0.315 e. The Morgan fingerprint density at radius 2 is 1.78 bits per heavy atom. The van der Waals surface area contributed by atoms with Crippen LogP contribution in [-0.2, 0) is 14.3 Å². The normalized spacial score (nSPS) is 20.3. The Morgan fingerprint density at radius 3 is 2.56 bits per heavy atom. The maximum atomic E-state index is 13.3. The monoisotopic (exact) mass is 433 g/mol. The van der Waals surface area contributed by atoms with E-state index < -0.39 is 17.8 Å². The molecule has 0 N–H and O–H groups in total. The average molecular weight is 434 g/mol. The Kier molecular flexibility index (Phi) is 6.69. The molecule has 2 atom stereocenters. The fourth-order valence-electron chi connectivity index (χ4n) is 4.48. The molecule has 1 aliphatic carbocycles. The van der Waals surface area contributed by atoms with Crippen LogP contribution in [0.3, 0.4) is 0 Å². The number of hydrogen-bond donors (Lipinski definition) is 0. The lowest BCUT2D eigenvalue weighted by Crippen LogP contribution is -2.37. The molecule has 1 unspecified atom stereocenters. The van der Waals surface area contributed by atoms with Gasteiger partial charge in [-0.2, -0.15) is 0 Å². The Hall–Kier alpha value is -3.41. The highest BCUT2D eigenvalue weighted by molar-refractivity contribution is 6.09. The molecule has 4 rings (SSSR count). The Bertz CT molecular complexity index is 1060. The fourth-order valence-corrected chi connectivity index (χ4v) is 4.48. The summed E-state index contributed by atoms with van der Waals surface area (Å²) in [6.45, 7) is 2.18. The molecule has 0 radical (unpaired) electrons. The second-order valence-corrected chi connectivity index (χ2v) is 7.92. The maximum absolute atomic E-state index is 13.3. The van der Waals surface area contributed by atoms with Gasteiger partial charge in [-0.15, -0.1) is 0 Å². The van der Waals surface area contributed by atoms with Gasteiger partial charge in [0.1, 0.15) is 30.6 Å². The molecular formula is C26H27NO5. The standard InChI is InChI=1S/C26H27NO5/c1-17-23(26(29)32-16-15-31-18-9-4-3-5-10-18)24(19-11-6-7-14-22(19)30-2)25-20(27-17)12-8-13-21(25)28/h3-7,9-11,14,23-24H,8,12-13,15-16H2,1-2H3/t23?,24-/m0/s1. The molecule has 2 aromatic rings. The lowest BCUT2D eigenvalue weighted by Gasteiger charge is -2.35. The quantitative estimate of drug-likeness (QED) is 0.475. The second kappa shape index (κ2) is 9.81. The van der Waals surface area contributed by atoms with Crippen LogP contribution in [0.2, 0.25) is 0 Å². The van der Waals surface area contributed by atoms with Gasteiger partial charge in [0.25, 0.3) is 0 Å². The summed E-state index contributed by atoms with van der Waals surface area (Å²) in [5.41, 5.74) is 2.86. The molecule has 0 bridgehead atoms. The van der Waals surface area contributed by atoms with E-state index in [0.29, 0.717) is 29.2 Å². The van der Waals surface area contributed by atoms with E-state index in [1.165, 1.54) is 0 Å². The van der Waals surface area contributed by atoms with E-state index in [1.807, 2.05) is 61.5 Å². The minimum absolute atomic E-state index is 0.0450. The van der Waals surface area contributed by atoms with E-state index in [-0.39, 0.29) is 19.0 Å². The largest absolute Gasteiger partial charge is 0.496 e. The van der Waals surface area contributed by atoms with Crippen LogP contribution in [0.4, 0.5) is 0 Å². The van der Waals surface area contributed by atoms with Crippen LogP contribution < -0.4 is 9.47 Å². The van der Waals surface area contributed by atoms with E-state index in [2.05, 4.69) is 4.99 Å².